The highest BCUT2D eigenvalue weighted by Crippen LogP contribution is 2.31. The molecule has 0 aliphatic carbocycles. The molecule has 0 saturated heterocycles. The van der Waals surface area contributed by atoms with Gasteiger partial charge in [-0.05, 0) is 69.2 Å². The second kappa shape index (κ2) is 6.10. The summed E-state index contributed by atoms with van der Waals surface area (Å²) in [6.07, 6.45) is 4.04. The van der Waals surface area contributed by atoms with Gasteiger partial charge in [-0.1, -0.05) is 6.07 Å². The van der Waals surface area contributed by atoms with E-state index in [1.807, 2.05) is 25.7 Å². The van der Waals surface area contributed by atoms with Crippen LogP contribution in [0.3, 0.4) is 0 Å². The van der Waals surface area contributed by atoms with E-state index in [1.165, 1.54) is 35.2 Å². The highest BCUT2D eigenvalue weighted by Gasteiger charge is 2.25. The number of rotatable bonds is 0. The second-order valence-corrected chi connectivity index (χ2v) is 7.74. The van der Waals surface area contributed by atoms with Gasteiger partial charge in [-0.2, -0.15) is 0 Å². The van der Waals surface area contributed by atoms with Crippen molar-refractivity contribution in [1.29, 1.82) is 0 Å². The zero-order chi connectivity index (χ0) is 16.6. The predicted octanol–water partition coefficient (Wildman–Crippen LogP) is 2.32. The molecule has 4 nitrogen and oxygen atoms in total. The number of hydrogen-bond donors (Lipinski definition) is 0. The Morgan fingerprint density at radius 3 is 2.35 bits per heavy atom. The first kappa shape index (κ1) is 16.2. The summed E-state index contributed by atoms with van der Waals surface area (Å²) in [6, 6.07) is 4.72. The summed E-state index contributed by atoms with van der Waals surface area (Å²) in [6.45, 7) is 8.38. The number of benzene rings is 1. The number of carbonyl (C=O) groups excluding carboxylic acids is 1. The molecule has 5 heteroatoms. The Bertz CT molecular complexity index is 610. The van der Waals surface area contributed by atoms with Crippen molar-refractivity contribution in [2.45, 2.75) is 52.1 Å². The fourth-order valence-electron chi connectivity index (χ4n) is 3.51. The van der Waals surface area contributed by atoms with Gasteiger partial charge in [0.2, 0.25) is 7.98 Å². The first-order valence-electron chi connectivity index (χ1n) is 8.67. The number of carbonyl (C=O) groups is 1. The summed E-state index contributed by atoms with van der Waals surface area (Å²) < 4.78 is 5.53. The van der Waals surface area contributed by atoms with E-state index in [9.17, 15) is 4.79 Å². The minimum atomic E-state index is -0.432. The van der Waals surface area contributed by atoms with E-state index in [1.54, 1.807) is 0 Å². The Morgan fingerprint density at radius 2 is 1.70 bits per heavy atom. The number of aryl methyl sites for hydroxylation is 1. The van der Waals surface area contributed by atoms with Crippen molar-refractivity contribution in [3.63, 3.8) is 0 Å². The lowest BCUT2D eigenvalue weighted by molar-refractivity contribution is 0.0258. The molecule has 0 unspecified atom stereocenters. The zero-order valence-corrected chi connectivity index (χ0v) is 14.8. The highest BCUT2D eigenvalue weighted by molar-refractivity contribution is 6.18. The van der Waals surface area contributed by atoms with Gasteiger partial charge in [0, 0.05) is 25.3 Å². The van der Waals surface area contributed by atoms with Gasteiger partial charge >= 0.3 is 6.09 Å². The molecular weight excluding hydrogens is 287 g/mol. The van der Waals surface area contributed by atoms with E-state index in [4.69, 9.17) is 4.74 Å². The maximum Gasteiger partial charge on any atom is 0.410 e. The highest BCUT2D eigenvalue weighted by atomic mass is 16.6. The third-order valence-electron chi connectivity index (χ3n) is 4.71. The molecule has 0 fully saturated rings. The van der Waals surface area contributed by atoms with Crippen molar-refractivity contribution in [2.24, 2.45) is 0 Å². The minimum absolute atomic E-state index is 0.188. The molecule has 0 radical (unpaired) electrons. The molecule has 1 aromatic carbocycles. The van der Waals surface area contributed by atoms with E-state index < -0.39 is 5.60 Å². The third-order valence-corrected chi connectivity index (χ3v) is 4.71. The Morgan fingerprint density at radius 1 is 1.04 bits per heavy atom. The number of anilines is 1. The standard InChI is InChI=1S/C18H27BN2O2/c1-18(2,3)23-17(22)20-9-6-13-11-15-5-4-8-21(19)16(15)12-14(13)7-10-20/h11-12H,4-10,19H2,1-3H3. The fraction of sp³-hybridized carbons (Fsp3) is 0.611. The summed E-state index contributed by atoms with van der Waals surface area (Å²) in [4.78, 5) is 16.5. The van der Waals surface area contributed by atoms with Crippen LogP contribution in [-0.4, -0.2) is 44.2 Å². The van der Waals surface area contributed by atoms with Crippen LogP contribution in [0.1, 0.15) is 43.9 Å². The molecule has 0 atom stereocenters. The maximum absolute atomic E-state index is 12.3. The lowest BCUT2D eigenvalue weighted by atomic mass is 9.92. The van der Waals surface area contributed by atoms with Crippen LogP contribution in [0.5, 0.6) is 0 Å². The van der Waals surface area contributed by atoms with Crippen molar-refractivity contribution in [2.75, 3.05) is 24.4 Å². The normalized spacial score (nSPS) is 18.0. The molecule has 2 aliphatic rings. The molecule has 0 aromatic heterocycles. The van der Waals surface area contributed by atoms with Crippen molar-refractivity contribution in [3.05, 3.63) is 28.8 Å². The van der Waals surface area contributed by atoms with Gasteiger partial charge in [0.25, 0.3) is 0 Å². The van der Waals surface area contributed by atoms with Crippen LogP contribution in [-0.2, 0) is 24.0 Å². The fourth-order valence-corrected chi connectivity index (χ4v) is 3.51. The molecule has 1 aromatic rings. The van der Waals surface area contributed by atoms with Crippen LogP contribution in [0.4, 0.5) is 10.5 Å². The van der Waals surface area contributed by atoms with E-state index in [2.05, 4.69) is 24.9 Å². The summed E-state index contributed by atoms with van der Waals surface area (Å²) >= 11 is 0. The van der Waals surface area contributed by atoms with Crippen molar-refractivity contribution >= 4 is 19.8 Å². The van der Waals surface area contributed by atoms with Gasteiger partial charge in [0.1, 0.15) is 5.60 Å². The quantitative estimate of drug-likeness (QED) is 0.689. The van der Waals surface area contributed by atoms with Crippen molar-refractivity contribution in [3.8, 4) is 0 Å². The SMILES string of the molecule is BN1CCCc2cc3c(cc21)CCN(C(=O)OC(C)(C)C)CC3. The molecular formula is C18H27BN2O2. The van der Waals surface area contributed by atoms with Gasteiger partial charge in [-0.3, -0.25) is 0 Å². The molecule has 0 N–H and O–H groups in total. The smallest absolute Gasteiger partial charge is 0.410 e. The van der Waals surface area contributed by atoms with Crippen LogP contribution in [0.15, 0.2) is 12.1 Å². The largest absolute Gasteiger partial charge is 0.444 e. The molecule has 3 rings (SSSR count). The first-order chi connectivity index (χ1) is 10.8. The van der Waals surface area contributed by atoms with Gasteiger partial charge in [-0.15, -0.1) is 0 Å². The number of fused-ring (bicyclic) bond motifs is 2. The van der Waals surface area contributed by atoms with Crippen LogP contribution in [0, 0.1) is 0 Å². The number of ether oxygens (including phenoxy) is 1. The molecule has 2 heterocycles. The second-order valence-electron chi connectivity index (χ2n) is 7.74. The zero-order valence-electron chi connectivity index (χ0n) is 14.8. The van der Waals surface area contributed by atoms with E-state index in [0.29, 0.717) is 0 Å². The number of hydrogen-bond acceptors (Lipinski definition) is 3. The van der Waals surface area contributed by atoms with Crippen LogP contribution in [0.25, 0.3) is 0 Å². The summed E-state index contributed by atoms with van der Waals surface area (Å²) in [5, 5.41) is 0. The lowest BCUT2D eigenvalue weighted by Crippen LogP contribution is -2.38. The Balaban J connectivity index is 1.77. The summed E-state index contributed by atoms with van der Waals surface area (Å²) in [7, 11) is 2.17. The van der Waals surface area contributed by atoms with Crippen LogP contribution in [0.2, 0.25) is 0 Å². The van der Waals surface area contributed by atoms with Crippen molar-refractivity contribution < 1.29 is 9.53 Å². The van der Waals surface area contributed by atoms with Gasteiger partial charge in [-0.25, -0.2) is 4.79 Å². The van der Waals surface area contributed by atoms with Gasteiger partial charge in [0.05, 0.1) is 0 Å². The third kappa shape index (κ3) is 3.65. The number of amides is 1. The Hall–Kier alpha value is -1.65. The first-order valence-corrected chi connectivity index (χ1v) is 8.67. The monoisotopic (exact) mass is 314 g/mol. The topological polar surface area (TPSA) is 32.8 Å². The lowest BCUT2D eigenvalue weighted by Gasteiger charge is -2.29. The van der Waals surface area contributed by atoms with Gasteiger partial charge < -0.3 is 14.4 Å². The van der Waals surface area contributed by atoms with Gasteiger partial charge in [0.15, 0.2) is 0 Å². The molecule has 0 bridgehead atoms. The molecule has 2 aliphatic heterocycles. The maximum atomic E-state index is 12.3. The molecule has 0 spiro atoms. The van der Waals surface area contributed by atoms with Crippen LogP contribution >= 0.6 is 0 Å². The minimum Gasteiger partial charge on any atom is -0.444 e. The average molecular weight is 314 g/mol. The van der Waals surface area contributed by atoms with Crippen molar-refractivity contribution in [1.82, 2.24) is 4.90 Å². The molecule has 1 amide bonds. The predicted molar refractivity (Wildman–Crippen MR) is 95.9 cm³/mol. The van der Waals surface area contributed by atoms with E-state index in [0.717, 1.165) is 32.5 Å². The van der Waals surface area contributed by atoms with E-state index >= 15 is 0 Å². The Labute approximate surface area is 140 Å². The average Bonchev–Trinajstić information content (AvgIpc) is 2.66. The number of nitrogens with zero attached hydrogens (tertiary/aromatic N) is 2. The van der Waals surface area contributed by atoms with E-state index in [-0.39, 0.29) is 6.09 Å². The molecule has 124 valence electrons. The van der Waals surface area contributed by atoms with Crippen LogP contribution < -0.4 is 4.81 Å². The Kier molecular flexibility index (Phi) is 4.30. The summed E-state index contributed by atoms with van der Waals surface area (Å²) in [5.74, 6) is 0. The molecule has 0 saturated carbocycles. The summed E-state index contributed by atoms with van der Waals surface area (Å²) in [5.41, 5.74) is 5.20. The molecule has 23 heavy (non-hydrogen) atoms.